The Kier molecular flexibility index (Phi) is 4.31. The molecule has 0 saturated heterocycles. The summed E-state index contributed by atoms with van der Waals surface area (Å²) in [5.74, 6) is 2.33. The summed E-state index contributed by atoms with van der Waals surface area (Å²) >= 11 is 0. The number of hydrogen-bond donors (Lipinski definition) is 3. The molecule has 0 unspecified atom stereocenters. The van der Waals surface area contributed by atoms with Crippen LogP contribution in [0.1, 0.15) is 37.5 Å². The van der Waals surface area contributed by atoms with Crippen LogP contribution < -0.4 is 5.32 Å². The molecule has 2 aromatic heterocycles. The summed E-state index contributed by atoms with van der Waals surface area (Å²) in [6, 6.07) is 2.46. The standard InChI is InChI=1S/C16H24N4O2/c1-16(2)11(7-12-9-13(3-6-21)22-20-12)8-14(16)19-10-15-17-4-5-18-15/h4-5,9,11,14,19,21H,3,6-8,10H2,1-2H3,(H,17,18)/t11-,14+/m1/s1. The van der Waals surface area contributed by atoms with Gasteiger partial charge in [0.05, 0.1) is 18.8 Å². The first-order chi connectivity index (χ1) is 10.6. The van der Waals surface area contributed by atoms with E-state index in [1.165, 1.54) is 0 Å². The van der Waals surface area contributed by atoms with Gasteiger partial charge in [-0.1, -0.05) is 19.0 Å². The van der Waals surface area contributed by atoms with Crippen LogP contribution in [0.2, 0.25) is 0 Å². The Balaban J connectivity index is 1.51. The van der Waals surface area contributed by atoms with Gasteiger partial charge in [-0.25, -0.2) is 4.98 Å². The van der Waals surface area contributed by atoms with E-state index in [0.717, 1.165) is 36.7 Å². The van der Waals surface area contributed by atoms with Crippen molar-refractivity contribution in [3.05, 3.63) is 35.7 Å². The molecule has 22 heavy (non-hydrogen) atoms. The van der Waals surface area contributed by atoms with Gasteiger partial charge in [0.1, 0.15) is 11.6 Å². The molecule has 1 aliphatic carbocycles. The van der Waals surface area contributed by atoms with Crippen molar-refractivity contribution in [2.75, 3.05) is 6.61 Å². The van der Waals surface area contributed by atoms with Gasteiger partial charge >= 0.3 is 0 Å². The monoisotopic (exact) mass is 304 g/mol. The minimum atomic E-state index is 0.0995. The summed E-state index contributed by atoms with van der Waals surface area (Å²) in [6.07, 6.45) is 6.23. The van der Waals surface area contributed by atoms with Gasteiger partial charge < -0.3 is 19.9 Å². The van der Waals surface area contributed by atoms with E-state index in [9.17, 15) is 0 Å². The van der Waals surface area contributed by atoms with Crippen molar-refractivity contribution in [3.63, 3.8) is 0 Å². The maximum Gasteiger partial charge on any atom is 0.139 e. The summed E-state index contributed by atoms with van der Waals surface area (Å²) in [7, 11) is 0. The summed E-state index contributed by atoms with van der Waals surface area (Å²) in [6.45, 7) is 5.48. The molecule has 3 N–H and O–H groups in total. The van der Waals surface area contributed by atoms with E-state index in [1.54, 1.807) is 6.20 Å². The number of imidazole rings is 1. The Morgan fingerprint density at radius 2 is 2.36 bits per heavy atom. The molecule has 0 spiro atoms. The zero-order valence-corrected chi connectivity index (χ0v) is 13.2. The second-order valence-electron chi connectivity index (χ2n) is 6.69. The molecule has 1 fully saturated rings. The van der Waals surface area contributed by atoms with Crippen molar-refractivity contribution < 1.29 is 9.63 Å². The molecule has 0 aromatic carbocycles. The van der Waals surface area contributed by atoms with Gasteiger partial charge in [-0.2, -0.15) is 0 Å². The lowest BCUT2D eigenvalue weighted by Gasteiger charge is -2.52. The Morgan fingerprint density at radius 1 is 1.50 bits per heavy atom. The maximum absolute atomic E-state index is 8.92. The van der Waals surface area contributed by atoms with Crippen LogP contribution in [-0.2, 0) is 19.4 Å². The van der Waals surface area contributed by atoms with Crippen LogP contribution in [0.25, 0.3) is 0 Å². The SMILES string of the molecule is CC1(C)[C@H](Cc2cc(CCO)on2)C[C@@H]1NCc1ncc[nH]1. The van der Waals surface area contributed by atoms with E-state index in [4.69, 9.17) is 9.63 Å². The second-order valence-corrected chi connectivity index (χ2v) is 6.69. The highest BCUT2D eigenvalue weighted by Crippen LogP contribution is 2.47. The average Bonchev–Trinajstić information content (AvgIpc) is 3.14. The number of aromatic nitrogens is 3. The number of aliphatic hydroxyl groups excluding tert-OH is 1. The molecular weight excluding hydrogens is 280 g/mol. The molecular formula is C16H24N4O2. The first kappa shape index (κ1) is 15.2. The Labute approximate surface area is 130 Å². The van der Waals surface area contributed by atoms with Crippen molar-refractivity contribution in [2.24, 2.45) is 11.3 Å². The van der Waals surface area contributed by atoms with E-state index in [0.29, 0.717) is 18.4 Å². The highest BCUT2D eigenvalue weighted by atomic mass is 16.5. The predicted octanol–water partition coefficient (Wildman–Crippen LogP) is 1.68. The van der Waals surface area contributed by atoms with Gasteiger partial charge in [0.15, 0.2) is 0 Å². The largest absolute Gasteiger partial charge is 0.396 e. The predicted molar refractivity (Wildman–Crippen MR) is 82.1 cm³/mol. The molecule has 2 atom stereocenters. The fourth-order valence-electron chi connectivity index (χ4n) is 3.26. The number of nitrogens with one attached hydrogen (secondary N) is 2. The topological polar surface area (TPSA) is 87.0 Å². The van der Waals surface area contributed by atoms with Crippen LogP contribution in [0.15, 0.2) is 23.0 Å². The third kappa shape index (κ3) is 3.08. The molecule has 2 heterocycles. The second kappa shape index (κ2) is 6.22. The molecule has 0 aliphatic heterocycles. The van der Waals surface area contributed by atoms with Gasteiger partial charge in [-0.3, -0.25) is 0 Å². The minimum absolute atomic E-state index is 0.0995. The number of H-pyrrole nitrogens is 1. The molecule has 3 rings (SSSR count). The molecule has 1 aliphatic rings. The molecule has 1 saturated carbocycles. The third-order valence-electron chi connectivity index (χ3n) is 4.96. The average molecular weight is 304 g/mol. The molecule has 120 valence electrons. The van der Waals surface area contributed by atoms with Crippen LogP contribution in [0.5, 0.6) is 0 Å². The summed E-state index contributed by atoms with van der Waals surface area (Å²) in [5, 5.41) is 16.6. The summed E-state index contributed by atoms with van der Waals surface area (Å²) < 4.78 is 5.23. The molecule has 0 radical (unpaired) electrons. The van der Waals surface area contributed by atoms with Crippen molar-refractivity contribution in [1.29, 1.82) is 0 Å². The zero-order chi connectivity index (χ0) is 15.6. The lowest BCUT2D eigenvalue weighted by Crippen LogP contribution is -2.57. The number of nitrogens with zero attached hydrogens (tertiary/aromatic N) is 2. The Hall–Kier alpha value is -1.66. The van der Waals surface area contributed by atoms with Crippen molar-refractivity contribution in [3.8, 4) is 0 Å². The number of aromatic amines is 1. The zero-order valence-electron chi connectivity index (χ0n) is 13.2. The summed E-state index contributed by atoms with van der Waals surface area (Å²) in [4.78, 5) is 7.36. The van der Waals surface area contributed by atoms with Crippen LogP contribution in [-0.4, -0.2) is 32.9 Å². The van der Waals surface area contributed by atoms with Crippen LogP contribution >= 0.6 is 0 Å². The molecule has 0 amide bonds. The first-order valence-corrected chi connectivity index (χ1v) is 7.86. The molecule has 0 bridgehead atoms. The first-order valence-electron chi connectivity index (χ1n) is 7.86. The smallest absolute Gasteiger partial charge is 0.139 e. The summed E-state index contributed by atoms with van der Waals surface area (Å²) in [5.41, 5.74) is 1.22. The van der Waals surface area contributed by atoms with Crippen LogP contribution in [0.3, 0.4) is 0 Å². The van der Waals surface area contributed by atoms with Gasteiger partial charge in [0, 0.05) is 30.9 Å². The van der Waals surface area contributed by atoms with Crippen molar-refractivity contribution in [2.45, 2.75) is 45.7 Å². The molecule has 6 nitrogen and oxygen atoms in total. The third-order valence-corrected chi connectivity index (χ3v) is 4.96. The lowest BCUT2D eigenvalue weighted by molar-refractivity contribution is 0.0121. The quantitative estimate of drug-likeness (QED) is 0.724. The lowest BCUT2D eigenvalue weighted by atomic mass is 9.57. The number of aliphatic hydroxyl groups is 1. The van der Waals surface area contributed by atoms with Gasteiger partial charge in [0.2, 0.25) is 0 Å². The van der Waals surface area contributed by atoms with Gasteiger partial charge in [0.25, 0.3) is 0 Å². The van der Waals surface area contributed by atoms with Crippen molar-refractivity contribution >= 4 is 0 Å². The minimum Gasteiger partial charge on any atom is -0.396 e. The Morgan fingerprint density at radius 3 is 3.05 bits per heavy atom. The highest BCUT2D eigenvalue weighted by Gasteiger charge is 2.47. The van der Waals surface area contributed by atoms with E-state index in [1.807, 2.05) is 12.3 Å². The molecule has 2 aromatic rings. The fourth-order valence-corrected chi connectivity index (χ4v) is 3.26. The van der Waals surface area contributed by atoms with Gasteiger partial charge in [-0.15, -0.1) is 0 Å². The number of rotatable bonds is 7. The van der Waals surface area contributed by atoms with Crippen molar-refractivity contribution in [1.82, 2.24) is 20.4 Å². The maximum atomic E-state index is 8.92. The normalized spacial score (nSPS) is 23.4. The Bertz CT molecular complexity index is 591. The van der Waals surface area contributed by atoms with Crippen LogP contribution in [0, 0.1) is 11.3 Å². The van der Waals surface area contributed by atoms with Crippen LogP contribution in [0.4, 0.5) is 0 Å². The van der Waals surface area contributed by atoms with E-state index in [-0.39, 0.29) is 12.0 Å². The van der Waals surface area contributed by atoms with E-state index < -0.39 is 0 Å². The highest BCUT2D eigenvalue weighted by molar-refractivity contribution is 5.11. The van der Waals surface area contributed by atoms with E-state index >= 15 is 0 Å². The van der Waals surface area contributed by atoms with Gasteiger partial charge in [-0.05, 0) is 24.2 Å². The van der Waals surface area contributed by atoms with E-state index in [2.05, 4.69) is 34.3 Å². The fraction of sp³-hybridized carbons (Fsp3) is 0.625. The number of hydrogen-bond acceptors (Lipinski definition) is 5. The molecule has 6 heteroatoms.